The van der Waals surface area contributed by atoms with Crippen LogP contribution in [0.4, 0.5) is 0 Å². The van der Waals surface area contributed by atoms with Gasteiger partial charge >= 0.3 is 37.7 Å². The fraction of sp³-hybridized carbons (Fsp3) is 0. The van der Waals surface area contributed by atoms with Gasteiger partial charge in [-0.1, -0.05) is 0 Å². The van der Waals surface area contributed by atoms with Crippen LogP contribution in [0.2, 0.25) is 0 Å². The molecule has 0 aliphatic heterocycles. The van der Waals surface area contributed by atoms with E-state index in [0.29, 0.717) is 0 Å². The summed E-state index contributed by atoms with van der Waals surface area (Å²) in [5.74, 6) is -4.37. The number of hydrogen-bond donors (Lipinski definition) is 0. The van der Waals surface area contributed by atoms with Gasteiger partial charge in [0.05, 0.1) is 11.9 Å². The molecule has 4 N–H and O–H groups in total. The molecule has 0 amide bonds. The molecular weight excluding hydrogens is 231 g/mol. The third-order valence-corrected chi connectivity index (χ3v) is 0.167. The zero-order chi connectivity index (χ0) is 5.15. The summed E-state index contributed by atoms with van der Waals surface area (Å²) in [5.41, 5.74) is 0. The van der Waals surface area contributed by atoms with E-state index < -0.39 is 11.9 Å². The molecule has 0 fully saturated rings. The molecule has 0 rings (SSSR count). The summed E-state index contributed by atoms with van der Waals surface area (Å²) in [6.07, 6.45) is 0. The Morgan fingerprint density at radius 2 is 0.909 bits per heavy atom. The fourth-order valence-electron chi connectivity index (χ4n) is 0. The Kier molecular flexibility index (Phi) is 84.1. The Morgan fingerprint density at radius 3 is 0.909 bits per heavy atom. The standard InChI is InChI=1S/C2H2O4.Ca.2ClH.2H2O/c3-1(4)2(5)6;;;;;/h(H,3,4)(H,5,6);;2*1H;2*1H2/q;+2;;;;/p-2. The molecule has 0 spiro atoms. The largest absolute Gasteiger partial charge is 2.00 e. The Labute approximate surface area is 104 Å². The molecule has 0 aliphatic carbocycles. The van der Waals surface area contributed by atoms with Crippen LogP contribution in [0.3, 0.4) is 0 Å². The van der Waals surface area contributed by atoms with Crippen LogP contribution in [0.15, 0.2) is 0 Å². The number of hydrogen-bond acceptors (Lipinski definition) is 4. The van der Waals surface area contributed by atoms with E-state index in [1.807, 2.05) is 0 Å². The van der Waals surface area contributed by atoms with E-state index in [-0.39, 0.29) is 73.5 Å². The van der Waals surface area contributed by atoms with E-state index in [9.17, 15) is 0 Å². The fourth-order valence-corrected chi connectivity index (χ4v) is 0. The maximum absolute atomic E-state index is 8.93. The second kappa shape index (κ2) is 22.4. The molecule has 0 bridgehead atoms. The van der Waals surface area contributed by atoms with Crippen molar-refractivity contribution in [3.63, 3.8) is 0 Å². The van der Waals surface area contributed by atoms with Crippen LogP contribution in [-0.4, -0.2) is 60.6 Å². The van der Waals surface area contributed by atoms with Gasteiger partial charge in [-0.15, -0.1) is 24.8 Å². The van der Waals surface area contributed by atoms with Crippen LogP contribution >= 0.6 is 24.8 Å². The van der Waals surface area contributed by atoms with Crippen molar-refractivity contribution in [2.24, 2.45) is 0 Å². The first kappa shape index (κ1) is 41.2. The molecule has 66 valence electrons. The Morgan fingerprint density at radius 1 is 0.818 bits per heavy atom. The summed E-state index contributed by atoms with van der Waals surface area (Å²) in [5, 5.41) is 17.9. The average molecular weight is 237 g/mol. The first-order valence-corrected chi connectivity index (χ1v) is 1.07. The molecule has 0 aromatic heterocycles. The van der Waals surface area contributed by atoms with Gasteiger partial charge in [-0.25, -0.2) is 0 Å². The van der Waals surface area contributed by atoms with Crippen LogP contribution in [-0.2, 0) is 9.59 Å². The van der Waals surface area contributed by atoms with Gasteiger partial charge in [0.2, 0.25) is 0 Å². The maximum Gasteiger partial charge on any atom is 2.00 e. The van der Waals surface area contributed by atoms with Crippen LogP contribution in [0, 0.1) is 0 Å². The minimum atomic E-state index is -2.19. The monoisotopic (exact) mass is 236 g/mol. The topological polar surface area (TPSA) is 143 Å². The van der Waals surface area contributed by atoms with Gasteiger partial charge in [0.1, 0.15) is 0 Å². The van der Waals surface area contributed by atoms with Crippen molar-refractivity contribution in [1.82, 2.24) is 0 Å². The number of halogens is 2. The molecule has 9 heteroatoms. The number of rotatable bonds is 0. The van der Waals surface area contributed by atoms with Crippen LogP contribution in [0.5, 0.6) is 0 Å². The Balaban J connectivity index is -0.0000000125. The minimum Gasteiger partial charge on any atom is -0.543 e. The van der Waals surface area contributed by atoms with E-state index >= 15 is 0 Å². The Bertz CT molecular complexity index is 84.6. The Hall–Kier alpha value is 0.700. The van der Waals surface area contributed by atoms with Gasteiger partial charge in [-0.3, -0.25) is 0 Å². The SMILES string of the molecule is Cl.Cl.O.O.O=C([O-])C(=O)[O-].[Ca+2]. The second-order valence-electron chi connectivity index (χ2n) is 0.575. The summed E-state index contributed by atoms with van der Waals surface area (Å²) >= 11 is 0. The molecule has 0 saturated heterocycles. The van der Waals surface area contributed by atoms with Crippen molar-refractivity contribution in [3.05, 3.63) is 0 Å². The number of aliphatic carboxylic acids is 2. The van der Waals surface area contributed by atoms with E-state index in [0.717, 1.165) is 0 Å². The summed E-state index contributed by atoms with van der Waals surface area (Å²) in [4.78, 5) is 17.9. The quantitative estimate of drug-likeness (QED) is 0.308. The molecule has 0 aromatic carbocycles. The molecule has 0 aromatic rings. The predicted octanol–water partition coefficient (Wildman–Crippen LogP) is -4.70. The number of carboxylic acids is 2. The van der Waals surface area contributed by atoms with Gasteiger partial charge in [-0.2, -0.15) is 0 Å². The number of carbonyl (C=O) groups excluding carboxylic acids is 2. The van der Waals surface area contributed by atoms with Gasteiger partial charge in [0.25, 0.3) is 0 Å². The van der Waals surface area contributed by atoms with E-state index in [1.54, 1.807) is 0 Å². The van der Waals surface area contributed by atoms with Crippen LogP contribution < -0.4 is 10.2 Å². The average Bonchev–Trinajstić information content (AvgIpc) is 1.36. The summed E-state index contributed by atoms with van der Waals surface area (Å²) in [7, 11) is 0. The predicted molar refractivity (Wildman–Crippen MR) is 37.5 cm³/mol. The first-order chi connectivity index (χ1) is 2.64. The van der Waals surface area contributed by atoms with Crippen molar-refractivity contribution >= 4 is 74.5 Å². The summed E-state index contributed by atoms with van der Waals surface area (Å²) in [6.45, 7) is 0. The minimum absolute atomic E-state index is 0. The third-order valence-electron chi connectivity index (χ3n) is 0.167. The molecule has 0 aliphatic rings. The first-order valence-electron chi connectivity index (χ1n) is 1.07. The van der Waals surface area contributed by atoms with Crippen molar-refractivity contribution in [3.8, 4) is 0 Å². The van der Waals surface area contributed by atoms with E-state index in [4.69, 9.17) is 19.8 Å². The summed E-state index contributed by atoms with van der Waals surface area (Å²) < 4.78 is 0. The van der Waals surface area contributed by atoms with Gasteiger partial charge in [0.15, 0.2) is 0 Å². The number of carboxylic acid groups (broad SMARTS) is 2. The van der Waals surface area contributed by atoms with Gasteiger partial charge in [0, 0.05) is 0 Å². The van der Waals surface area contributed by atoms with Crippen LogP contribution in [0.25, 0.3) is 0 Å². The molecule has 0 unspecified atom stereocenters. The molecule has 11 heavy (non-hydrogen) atoms. The molecule has 0 saturated carbocycles. The summed E-state index contributed by atoms with van der Waals surface area (Å²) in [6, 6.07) is 0. The van der Waals surface area contributed by atoms with Crippen LogP contribution in [0.1, 0.15) is 0 Å². The molecule has 0 heterocycles. The molecule has 0 atom stereocenters. The van der Waals surface area contributed by atoms with E-state index in [1.165, 1.54) is 0 Å². The normalized spacial score (nSPS) is 4.00. The van der Waals surface area contributed by atoms with E-state index in [2.05, 4.69) is 0 Å². The number of carbonyl (C=O) groups is 2. The molecule has 6 nitrogen and oxygen atoms in total. The molecular formula is C2H6CaCl2O6. The zero-order valence-electron chi connectivity index (χ0n) is 5.16. The van der Waals surface area contributed by atoms with Gasteiger partial charge < -0.3 is 30.8 Å². The van der Waals surface area contributed by atoms with Crippen molar-refractivity contribution in [2.75, 3.05) is 0 Å². The smallest absolute Gasteiger partial charge is 0.543 e. The van der Waals surface area contributed by atoms with Crippen molar-refractivity contribution in [1.29, 1.82) is 0 Å². The van der Waals surface area contributed by atoms with Crippen molar-refractivity contribution in [2.45, 2.75) is 0 Å². The van der Waals surface area contributed by atoms with Gasteiger partial charge in [-0.05, 0) is 0 Å². The second-order valence-corrected chi connectivity index (χ2v) is 0.575. The van der Waals surface area contributed by atoms with Crippen molar-refractivity contribution < 1.29 is 30.8 Å². The molecule has 0 radical (unpaired) electrons. The maximum atomic E-state index is 8.93. The zero-order valence-corrected chi connectivity index (χ0v) is 9.00. The third kappa shape index (κ3) is 36.7.